The Morgan fingerprint density at radius 3 is 1.07 bits per heavy atom. The van der Waals surface area contributed by atoms with E-state index in [0.29, 0.717) is 0 Å². The summed E-state index contributed by atoms with van der Waals surface area (Å²) in [5.74, 6) is 0. The summed E-state index contributed by atoms with van der Waals surface area (Å²) in [7, 11) is -11.6. The Morgan fingerprint density at radius 1 is 0.476 bits per heavy atom. The largest absolute Gasteiger partial charge is 0.430 e. The van der Waals surface area contributed by atoms with Gasteiger partial charge in [-0.1, -0.05) is 135 Å². The molecule has 0 atom stereocenters. The Bertz CT molecular complexity index is 1280. The second-order valence-electron chi connectivity index (χ2n) is 11.9. The maximum absolute atomic E-state index is 7.78. The predicted octanol–water partition coefficient (Wildman–Crippen LogP) is 6.29. The first-order valence-electron chi connectivity index (χ1n) is 15.1. The van der Waals surface area contributed by atoms with Gasteiger partial charge in [0.15, 0.2) is 8.32 Å². The van der Waals surface area contributed by atoms with Crippen LogP contribution in [0.2, 0.25) is 31.7 Å². The number of benzene rings is 4. The van der Waals surface area contributed by atoms with Crippen LogP contribution in [-0.4, -0.2) is 40.1 Å². The van der Waals surface area contributed by atoms with Crippen molar-refractivity contribution in [2.45, 2.75) is 65.5 Å². The van der Waals surface area contributed by atoms with E-state index in [1.807, 2.05) is 12.1 Å². The predicted molar refractivity (Wildman–Crippen MR) is 185 cm³/mol. The number of hydrogen-bond donors (Lipinski definition) is 0. The summed E-state index contributed by atoms with van der Waals surface area (Å²) in [6.45, 7) is 15.4. The van der Waals surface area contributed by atoms with E-state index in [9.17, 15) is 0 Å². The van der Waals surface area contributed by atoms with E-state index in [0.717, 1.165) is 32.8 Å². The van der Waals surface area contributed by atoms with Gasteiger partial charge in [-0.05, 0) is 66.3 Å². The third-order valence-electron chi connectivity index (χ3n) is 7.20. The molecule has 0 spiro atoms. The van der Waals surface area contributed by atoms with Gasteiger partial charge in [0.1, 0.15) is 0 Å². The summed E-state index contributed by atoms with van der Waals surface area (Å²) in [6.07, 6.45) is -0.0408. The van der Waals surface area contributed by atoms with Crippen LogP contribution in [0.4, 0.5) is 0 Å². The highest BCUT2D eigenvalue weighted by atomic mass is 28.5. The van der Waals surface area contributed by atoms with Crippen LogP contribution in [0.1, 0.15) is 27.7 Å². The molecule has 4 rings (SSSR count). The fourth-order valence-electron chi connectivity index (χ4n) is 5.34. The van der Waals surface area contributed by atoms with Crippen molar-refractivity contribution in [2.24, 2.45) is 0 Å². The van der Waals surface area contributed by atoms with E-state index in [-0.39, 0.29) is 6.10 Å². The molecule has 0 aliphatic rings. The summed E-state index contributed by atoms with van der Waals surface area (Å²) in [4.78, 5) is 0. The zero-order valence-electron chi connectivity index (χ0n) is 26.2. The first-order valence-corrected chi connectivity index (χ1v) is 24.4. The Morgan fingerprint density at radius 2 is 0.786 bits per heavy atom. The van der Waals surface area contributed by atoms with Gasteiger partial charge in [0.2, 0.25) is 0 Å². The Balaban J connectivity index is 1.98. The average molecular weight is 631 g/mol. The third-order valence-corrected chi connectivity index (χ3v) is 23.4. The molecule has 0 unspecified atom stereocenters. The van der Waals surface area contributed by atoms with Gasteiger partial charge < -0.3 is 16.8 Å². The molecule has 0 aromatic heterocycles. The Labute approximate surface area is 257 Å². The fourth-order valence-corrected chi connectivity index (χ4v) is 24.0. The van der Waals surface area contributed by atoms with Gasteiger partial charge in [-0.3, -0.25) is 0 Å². The molecular formula is C34H46O4Si4. The van der Waals surface area contributed by atoms with E-state index in [1.165, 1.54) is 0 Å². The van der Waals surface area contributed by atoms with E-state index >= 15 is 0 Å². The van der Waals surface area contributed by atoms with Crippen LogP contribution in [0.25, 0.3) is 0 Å². The molecule has 4 aromatic rings. The van der Waals surface area contributed by atoms with E-state index in [1.54, 1.807) is 0 Å². The lowest BCUT2D eigenvalue weighted by molar-refractivity contribution is 0.184. The maximum Gasteiger partial charge on any atom is 0.398 e. The van der Waals surface area contributed by atoms with Crippen LogP contribution < -0.4 is 20.7 Å². The highest BCUT2D eigenvalue weighted by Gasteiger charge is 2.57. The van der Waals surface area contributed by atoms with Crippen molar-refractivity contribution >= 4 is 54.7 Å². The SMILES string of the molecule is CC[Si](CC)(O[Si](OC(C)C)(c1ccccc1)c1ccccc1)O[Si](O[Si](C)(C)C)(c1ccccc1)c1ccccc1. The molecule has 222 valence electrons. The van der Waals surface area contributed by atoms with Crippen LogP contribution >= 0.6 is 0 Å². The molecule has 0 heterocycles. The van der Waals surface area contributed by atoms with Gasteiger partial charge in [-0.2, -0.15) is 0 Å². The Kier molecular flexibility index (Phi) is 10.8. The molecule has 0 N–H and O–H groups in total. The lowest BCUT2D eigenvalue weighted by atomic mass is 10.4. The fraction of sp³-hybridized carbons (Fsp3) is 0.294. The zero-order valence-corrected chi connectivity index (χ0v) is 30.2. The summed E-state index contributed by atoms with van der Waals surface area (Å²) in [5.41, 5.74) is 0. The topological polar surface area (TPSA) is 36.9 Å². The lowest BCUT2D eigenvalue weighted by Crippen LogP contribution is -2.75. The summed E-state index contributed by atoms with van der Waals surface area (Å²) in [6, 6.07) is 43.8. The van der Waals surface area contributed by atoms with E-state index in [4.69, 9.17) is 16.8 Å². The molecule has 0 aliphatic heterocycles. The molecule has 0 aliphatic carbocycles. The highest BCUT2D eigenvalue weighted by Crippen LogP contribution is 2.31. The molecule has 42 heavy (non-hydrogen) atoms. The summed E-state index contributed by atoms with van der Waals surface area (Å²) >= 11 is 0. The maximum atomic E-state index is 7.78. The Hall–Kier alpha value is -2.41. The summed E-state index contributed by atoms with van der Waals surface area (Å²) < 4.78 is 29.9. The average Bonchev–Trinajstić information content (AvgIpc) is 3.01. The smallest absolute Gasteiger partial charge is 0.398 e. The van der Waals surface area contributed by atoms with Gasteiger partial charge in [-0.15, -0.1) is 0 Å². The van der Waals surface area contributed by atoms with Gasteiger partial charge >= 0.3 is 25.7 Å². The van der Waals surface area contributed by atoms with Crippen molar-refractivity contribution in [1.29, 1.82) is 0 Å². The summed E-state index contributed by atoms with van der Waals surface area (Å²) in [5, 5.41) is 4.39. The first-order chi connectivity index (χ1) is 20.1. The minimum Gasteiger partial charge on any atom is -0.430 e. The minimum absolute atomic E-state index is 0.0408. The highest BCUT2D eigenvalue weighted by molar-refractivity contribution is 7.04. The minimum atomic E-state index is -3.24. The van der Waals surface area contributed by atoms with Crippen LogP contribution in [0.5, 0.6) is 0 Å². The third kappa shape index (κ3) is 7.38. The molecule has 4 nitrogen and oxygen atoms in total. The molecule has 0 fully saturated rings. The van der Waals surface area contributed by atoms with Crippen molar-refractivity contribution in [3.05, 3.63) is 121 Å². The van der Waals surface area contributed by atoms with Gasteiger partial charge in [-0.25, -0.2) is 0 Å². The monoisotopic (exact) mass is 630 g/mol. The van der Waals surface area contributed by atoms with Gasteiger partial charge in [0.05, 0.1) is 0 Å². The van der Waals surface area contributed by atoms with Crippen molar-refractivity contribution in [3.63, 3.8) is 0 Å². The molecule has 0 amide bonds. The van der Waals surface area contributed by atoms with Crippen LogP contribution in [0.3, 0.4) is 0 Å². The number of rotatable bonds is 14. The van der Waals surface area contributed by atoms with E-state index < -0.39 is 34.0 Å². The molecular weight excluding hydrogens is 585 g/mol. The van der Waals surface area contributed by atoms with Crippen LogP contribution in [-0.2, 0) is 16.8 Å². The molecule has 0 radical (unpaired) electrons. The van der Waals surface area contributed by atoms with Crippen molar-refractivity contribution in [1.82, 2.24) is 0 Å². The van der Waals surface area contributed by atoms with E-state index in [2.05, 4.69) is 157 Å². The molecule has 0 bridgehead atoms. The molecule has 0 saturated carbocycles. The number of hydrogen-bond acceptors (Lipinski definition) is 4. The lowest BCUT2D eigenvalue weighted by Gasteiger charge is -2.47. The van der Waals surface area contributed by atoms with Crippen LogP contribution in [0, 0.1) is 0 Å². The normalized spacial score (nSPS) is 13.0. The molecule has 4 aromatic carbocycles. The van der Waals surface area contributed by atoms with Crippen molar-refractivity contribution in [2.75, 3.05) is 0 Å². The van der Waals surface area contributed by atoms with Gasteiger partial charge in [0.25, 0.3) is 0 Å². The zero-order chi connectivity index (χ0) is 30.3. The standard InChI is InChI=1S/C34H46O4Si4/c1-8-40(9-2,37-41(35-30(3)4,31-22-14-10-15-23-31)32-24-16-11-17-25-32)38-42(36-39(5,6)7,33-26-18-12-19-27-33)34-28-20-13-21-29-34/h10-30H,8-9H2,1-7H3. The molecule has 0 saturated heterocycles. The first kappa shape index (κ1) is 32.5. The molecule has 8 heteroatoms. The van der Waals surface area contributed by atoms with Gasteiger partial charge in [0, 0.05) is 6.10 Å². The van der Waals surface area contributed by atoms with Crippen molar-refractivity contribution < 1.29 is 16.8 Å². The second kappa shape index (κ2) is 13.9. The quantitative estimate of drug-likeness (QED) is 0.154. The van der Waals surface area contributed by atoms with Crippen LogP contribution in [0.15, 0.2) is 121 Å². The second-order valence-corrected chi connectivity index (χ2v) is 26.8. The van der Waals surface area contributed by atoms with Crippen molar-refractivity contribution in [3.8, 4) is 0 Å².